The van der Waals surface area contributed by atoms with Gasteiger partial charge in [-0.15, -0.1) is 0 Å². The highest BCUT2D eigenvalue weighted by Gasteiger charge is 2.34. The summed E-state index contributed by atoms with van der Waals surface area (Å²) in [7, 11) is 1.78. The van der Waals surface area contributed by atoms with E-state index < -0.39 is 17.6 Å². The topological polar surface area (TPSA) is 12.0 Å². The molecule has 1 atom stereocenters. The van der Waals surface area contributed by atoms with Crippen molar-refractivity contribution in [2.24, 2.45) is 0 Å². The summed E-state index contributed by atoms with van der Waals surface area (Å²) in [6.45, 7) is 2.53. The number of hydrogen-bond acceptors (Lipinski definition) is 1. The Morgan fingerprint density at radius 3 is 2.47 bits per heavy atom. The zero-order valence-corrected chi connectivity index (χ0v) is 9.74. The van der Waals surface area contributed by atoms with E-state index in [0.717, 1.165) is 12.1 Å². The third-order valence-electron chi connectivity index (χ3n) is 2.69. The molecule has 0 saturated carbocycles. The van der Waals surface area contributed by atoms with Gasteiger partial charge in [0.25, 0.3) is 0 Å². The van der Waals surface area contributed by atoms with Crippen molar-refractivity contribution in [3.05, 3.63) is 35.1 Å². The van der Waals surface area contributed by atoms with Crippen LogP contribution in [0.3, 0.4) is 0 Å². The average Bonchev–Trinajstić information content (AvgIpc) is 2.25. The predicted octanol–water partition coefficient (Wildman–Crippen LogP) is 3.56. The van der Waals surface area contributed by atoms with Gasteiger partial charge in [-0.1, -0.05) is 13.0 Å². The Kier molecular flexibility index (Phi) is 4.51. The molecule has 96 valence electrons. The summed E-state index contributed by atoms with van der Waals surface area (Å²) in [5, 5.41) is 2.93. The molecule has 0 heterocycles. The normalized spacial score (nSPS) is 13.8. The highest BCUT2D eigenvalue weighted by Crippen LogP contribution is 2.33. The SMILES string of the molecule is CNCCC(C)c1ccc(F)c(C(F)(F)F)c1. The lowest BCUT2D eigenvalue weighted by molar-refractivity contribution is -0.140. The van der Waals surface area contributed by atoms with E-state index in [1.165, 1.54) is 6.07 Å². The second kappa shape index (κ2) is 5.49. The van der Waals surface area contributed by atoms with Gasteiger partial charge in [0.1, 0.15) is 5.82 Å². The van der Waals surface area contributed by atoms with Crippen LogP contribution in [-0.2, 0) is 6.18 Å². The van der Waals surface area contributed by atoms with Crippen LogP contribution in [0.2, 0.25) is 0 Å². The predicted molar refractivity (Wildman–Crippen MR) is 58.4 cm³/mol. The molecule has 1 aromatic carbocycles. The maximum Gasteiger partial charge on any atom is 0.419 e. The molecule has 1 rings (SSSR count). The largest absolute Gasteiger partial charge is 0.419 e. The van der Waals surface area contributed by atoms with E-state index in [1.54, 1.807) is 7.05 Å². The van der Waals surface area contributed by atoms with Crippen LogP contribution in [0.15, 0.2) is 18.2 Å². The minimum Gasteiger partial charge on any atom is -0.320 e. The maximum absolute atomic E-state index is 13.0. The van der Waals surface area contributed by atoms with Gasteiger partial charge in [-0.05, 0) is 43.6 Å². The number of halogens is 4. The first kappa shape index (κ1) is 14.0. The first-order chi connectivity index (χ1) is 7.86. The zero-order valence-electron chi connectivity index (χ0n) is 9.74. The first-order valence-corrected chi connectivity index (χ1v) is 5.37. The summed E-state index contributed by atoms with van der Waals surface area (Å²) < 4.78 is 50.5. The van der Waals surface area contributed by atoms with Crippen molar-refractivity contribution in [1.29, 1.82) is 0 Å². The molecule has 0 bridgehead atoms. The van der Waals surface area contributed by atoms with Crippen LogP contribution in [0, 0.1) is 5.82 Å². The molecule has 0 aliphatic heterocycles. The molecule has 0 aliphatic carbocycles. The standard InChI is InChI=1S/C12H15F4N/c1-8(5-6-17-2)9-3-4-11(13)10(7-9)12(14,15)16/h3-4,7-8,17H,5-6H2,1-2H3. The van der Waals surface area contributed by atoms with Crippen LogP contribution in [-0.4, -0.2) is 13.6 Å². The van der Waals surface area contributed by atoms with Gasteiger partial charge < -0.3 is 5.32 Å². The van der Waals surface area contributed by atoms with Crippen molar-refractivity contribution < 1.29 is 17.6 Å². The van der Waals surface area contributed by atoms with Crippen molar-refractivity contribution in [3.63, 3.8) is 0 Å². The molecule has 0 aliphatic rings. The minimum atomic E-state index is -4.64. The molecule has 0 amide bonds. The van der Waals surface area contributed by atoms with Gasteiger partial charge >= 0.3 is 6.18 Å². The zero-order chi connectivity index (χ0) is 13.1. The lowest BCUT2D eigenvalue weighted by Crippen LogP contribution is -2.12. The van der Waals surface area contributed by atoms with E-state index in [4.69, 9.17) is 0 Å². The second-order valence-electron chi connectivity index (χ2n) is 4.03. The summed E-state index contributed by atoms with van der Waals surface area (Å²) >= 11 is 0. The number of nitrogens with one attached hydrogen (secondary N) is 1. The summed E-state index contributed by atoms with van der Waals surface area (Å²) in [5.41, 5.74) is -0.680. The summed E-state index contributed by atoms with van der Waals surface area (Å²) in [6.07, 6.45) is -3.93. The molecule has 1 aromatic rings. The Morgan fingerprint density at radius 1 is 1.29 bits per heavy atom. The lowest BCUT2D eigenvalue weighted by atomic mass is 9.96. The molecule has 17 heavy (non-hydrogen) atoms. The average molecular weight is 249 g/mol. The molecular weight excluding hydrogens is 234 g/mol. The quantitative estimate of drug-likeness (QED) is 0.804. The van der Waals surface area contributed by atoms with Gasteiger partial charge in [0, 0.05) is 0 Å². The minimum absolute atomic E-state index is 0.0378. The molecule has 0 spiro atoms. The van der Waals surface area contributed by atoms with Crippen molar-refractivity contribution in [2.45, 2.75) is 25.4 Å². The molecule has 0 radical (unpaired) electrons. The monoisotopic (exact) mass is 249 g/mol. The second-order valence-corrected chi connectivity index (χ2v) is 4.03. The molecule has 1 nitrogen and oxygen atoms in total. The van der Waals surface area contributed by atoms with Crippen molar-refractivity contribution in [3.8, 4) is 0 Å². The third kappa shape index (κ3) is 3.70. The molecule has 0 aromatic heterocycles. The molecular formula is C12H15F4N. The highest BCUT2D eigenvalue weighted by molar-refractivity contribution is 5.29. The maximum atomic E-state index is 13.0. The van der Waals surface area contributed by atoms with E-state index in [9.17, 15) is 17.6 Å². The van der Waals surface area contributed by atoms with Gasteiger partial charge in [0.15, 0.2) is 0 Å². The summed E-state index contributed by atoms with van der Waals surface area (Å²) in [6, 6.07) is 3.19. The van der Waals surface area contributed by atoms with Crippen LogP contribution in [0.5, 0.6) is 0 Å². The van der Waals surface area contributed by atoms with E-state index in [0.29, 0.717) is 18.5 Å². The fourth-order valence-electron chi connectivity index (χ4n) is 1.59. The van der Waals surface area contributed by atoms with E-state index >= 15 is 0 Å². The summed E-state index contributed by atoms with van der Waals surface area (Å²) in [5.74, 6) is -1.26. The van der Waals surface area contributed by atoms with Gasteiger partial charge in [-0.3, -0.25) is 0 Å². The van der Waals surface area contributed by atoms with Crippen LogP contribution in [0.4, 0.5) is 17.6 Å². The number of hydrogen-bond donors (Lipinski definition) is 1. The van der Waals surface area contributed by atoms with Crippen LogP contribution in [0.1, 0.15) is 30.4 Å². The fourth-order valence-corrected chi connectivity index (χ4v) is 1.59. The third-order valence-corrected chi connectivity index (χ3v) is 2.69. The molecule has 0 fully saturated rings. The molecule has 5 heteroatoms. The van der Waals surface area contributed by atoms with Crippen LogP contribution < -0.4 is 5.32 Å². The Hall–Kier alpha value is -1.10. The highest BCUT2D eigenvalue weighted by atomic mass is 19.4. The Labute approximate surface area is 97.8 Å². The van der Waals surface area contributed by atoms with Crippen LogP contribution in [0.25, 0.3) is 0 Å². The fraction of sp³-hybridized carbons (Fsp3) is 0.500. The lowest BCUT2D eigenvalue weighted by Gasteiger charge is -2.15. The Balaban J connectivity index is 2.96. The Morgan fingerprint density at radius 2 is 1.94 bits per heavy atom. The molecule has 1 N–H and O–H groups in total. The van der Waals surface area contributed by atoms with Crippen molar-refractivity contribution in [1.82, 2.24) is 5.32 Å². The van der Waals surface area contributed by atoms with Gasteiger partial charge in [-0.25, -0.2) is 4.39 Å². The Bertz CT molecular complexity index is 373. The van der Waals surface area contributed by atoms with Gasteiger partial charge in [0.05, 0.1) is 5.56 Å². The van der Waals surface area contributed by atoms with Gasteiger partial charge in [-0.2, -0.15) is 13.2 Å². The van der Waals surface area contributed by atoms with Crippen LogP contribution >= 0.6 is 0 Å². The van der Waals surface area contributed by atoms with E-state index in [2.05, 4.69) is 5.32 Å². The number of benzene rings is 1. The van der Waals surface area contributed by atoms with E-state index in [-0.39, 0.29) is 5.92 Å². The smallest absolute Gasteiger partial charge is 0.320 e. The van der Waals surface area contributed by atoms with E-state index in [1.807, 2.05) is 6.92 Å². The number of alkyl halides is 3. The summed E-state index contributed by atoms with van der Waals surface area (Å²) in [4.78, 5) is 0. The molecule has 1 unspecified atom stereocenters. The van der Waals surface area contributed by atoms with Crippen molar-refractivity contribution in [2.75, 3.05) is 13.6 Å². The molecule has 0 saturated heterocycles. The van der Waals surface area contributed by atoms with Crippen molar-refractivity contribution >= 4 is 0 Å². The number of rotatable bonds is 4. The van der Waals surface area contributed by atoms with Gasteiger partial charge in [0.2, 0.25) is 0 Å². The first-order valence-electron chi connectivity index (χ1n) is 5.37.